The highest BCUT2D eigenvalue weighted by Gasteiger charge is 2.21. The molecule has 1 atom stereocenters. The van der Waals surface area contributed by atoms with Crippen molar-refractivity contribution in [3.8, 4) is 11.5 Å². The first-order valence-electron chi connectivity index (χ1n) is 9.44. The number of aromatic nitrogens is 4. The Morgan fingerprint density at radius 2 is 2.21 bits per heavy atom. The predicted octanol–water partition coefficient (Wildman–Crippen LogP) is 2.54. The third-order valence-corrected chi connectivity index (χ3v) is 4.96. The number of hydrogen-bond acceptors (Lipinski definition) is 6. The smallest absolute Gasteiger partial charge is 0.180 e. The van der Waals surface area contributed by atoms with E-state index >= 15 is 0 Å². The van der Waals surface area contributed by atoms with Gasteiger partial charge < -0.3 is 15.5 Å². The summed E-state index contributed by atoms with van der Waals surface area (Å²) in [5.74, 6) is 0.933. The molecule has 0 amide bonds. The number of rotatable bonds is 6. The first kappa shape index (κ1) is 18.4. The van der Waals surface area contributed by atoms with Gasteiger partial charge in [-0.05, 0) is 38.1 Å². The van der Waals surface area contributed by atoms with Crippen molar-refractivity contribution in [2.45, 2.75) is 18.9 Å². The van der Waals surface area contributed by atoms with Gasteiger partial charge in [-0.15, -0.1) is 0 Å². The number of likely N-dealkylation sites (tertiary alicyclic amines) is 1. The fourth-order valence-electron chi connectivity index (χ4n) is 3.59. The first-order chi connectivity index (χ1) is 13.6. The summed E-state index contributed by atoms with van der Waals surface area (Å²) in [4.78, 5) is 15.6. The van der Waals surface area contributed by atoms with Gasteiger partial charge in [-0.1, -0.05) is 6.58 Å². The Hall–Kier alpha value is -3.00. The number of nitrogens with one attached hydrogen (secondary N) is 2. The van der Waals surface area contributed by atoms with E-state index in [9.17, 15) is 4.39 Å². The molecule has 2 N–H and O–H groups in total. The zero-order chi connectivity index (χ0) is 19.5. The van der Waals surface area contributed by atoms with E-state index in [1.165, 1.54) is 12.3 Å². The summed E-state index contributed by atoms with van der Waals surface area (Å²) < 4.78 is 15.3. The molecule has 0 radical (unpaired) electrons. The molecule has 0 aromatic carbocycles. The molecule has 8 heteroatoms. The van der Waals surface area contributed by atoms with Crippen LogP contribution < -0.4 is 10.6 Å². The molecule has 3 aromatic heterocycles. The Morgan fingerprint density at radius 1 is 1.32 bits per heavy atom. The van der Waals surface area contributed by atoms with Crippen LogP contribution in [-0.2, 0) is 0 Å². The van der Waals surface area contributed by atoms with Crippen molar-refractivity contribution in [1.29, 1.82) is 0 Å². The lowest BCUT2D eigenvalue weighted by Gasteiger charge is -2.36. The second kappa shape index (κ2) is 7.93. The Labute approximate surface area is 163 Å². The number of likely N-dealkylation sites (N-methyl/N-ethyl adjacent to an activating group) is 1. The lowest BCUT2D eigenvalue weighted by atomic mass is 10.1. The van der Waals surface area contributed by atoms with Crippen molar-refractivity contribution >= 4 is 11.5 Å². The fraction of sp³-hybridized carbons (Fsp3) is 0.350. The van der Waals surface area contributed by atoms with Gasteiger partial charge in [-0.25, -0.2) is 19.3 Å². The van der Waals surface area contributed by atoms with Gasteiger partial charge in [0.25, 0.3) is 0 Å². The monoisotopic (exact) mass is 381 g/mol. The zero-order valence-corrected chi connectivity index (χ0v) is 15.9. The molecule has 0 saturated carbocycles. The fourth-order valence-corrected chi connectivity index (χ4v) is 3.59. The summed E-state index contributed by atoms with van der Waals surface area (Å²) in [6.45, 7) is 6.87. The van der Waals surface area contributed by atoms with Gasteiger partial charge in [0, 0.05) is 43.8 Å². The maximum absolute atomic E-state index is 13.6. The van der Waals surface area contributed by atoms with Crippen LogP contribution in [0.15, 0.2) is 49.1 Å². The number of halogens is 1. The molecule has 28 heavy (non-hydrogen) atoms. The van der Waals surface area contributed by atoms with Crippen LogP contribution in [0, 0.1) is 5.82 Å². The van der Waals surface area contributed by atoms with E-state index < -0.39 is 0 Å². The van der Waals surface area contributed by atoms with E-state index in [0.717, 1.165) is 44.0 Å². The van der Waals surface area contributed by atoms with Crippen molar-refractivity contribution in [3.05, 3.63) is 54.9 Å². The molecule has 1 aliphatic heterocycles. The van der Waals surface area contributed by atoms with Gasteiger partial charge in [-0.3, -0.25) is 4.40 Å². The minimum Gasteiger partial charge on any atom is -0.372 e. The molecule has 0 unspecified atom stereocenters. The van der Waals surface area contributed by atoms with Crippen LogP contribution in [0.5, 0.6) is 0 Å². The summed E-state index contributed by atoms with van der Waals surface area (Å²) in [6, 6.07) is 5.16. The lowest BCUT2D eigenvalue weighted by Crippen LogP contribution is -2.43. The summed E-state index contributed by atoms with van der Waals surface area (Å²) >= 11 is 0. The summed E-state index contributed by atoms with van der Waals surface area (Å²) in [6.07, 6.45) is 6.95. The number of pyridine rings is 1. The normalized spacial score (nSPS) is 17.1. The molecule has 7 nitrogen and oxygen atoms in total. The van der Waals surface area contributed by atoms with E-state index in [0.29, 0.717) is 17.2 Å². The number of nitrogens with zero attached hydrogens (tertiary/aromatic N) is 5. The van der Waals surface area contributed by atoms with Crippen molar-refractivity contribution < 1.29 is 4.39 Å². The topological polar surface area (TPSA) is 70.4 Å². The molecule has 1 fully saturated rings. The van der Waals surface area contributed by atoms with Gasteiger partial charge >= 0.3 is 0 Å². The van der Waals surface area contributed by atoms with Crippen LogP contribution in [0.25, 0.3) is 17.2 Å². The number of piperidine rings is 1. The predicted molar refractivity (Wildman–Crippen MR) is 107 cm³/mol. The second-order valence-electron chi connectivity index (χ2n) is 7.01. The molecular weight excluding hydrogens is 357 g/mol. The van der Waals surface area contributed by atoms with Gasteiger partial charge in [0.2, 0.25) is 0 Å². The summed E-state index contributed by atoms with van der Waals surface area (Å²) in [7, 11) is 1.93. The van der Waals surface area contributed by atoms with E-state index in [2.05, 4.69) is 37.1 Å². The van der Waals surface area contributed by atoms with Crippen molar-refractivity contribution in [1.82, 2.24) is 29.6 Å². The van der Waals surface area contributed by atoms with Crippen LogP contribution in [0.2, 0.25) is 0 Å². The largest absolute Gasteiger partial charge is 0.372 e. The van der Waals surface area contributed by atoms with Crippen LogP contribution >= 0.6 is 0 Å². The van der Waals surface area contributed by atoms with E-state index in [4.69, 9.17) is 0 Å². The number of imidazole rings is 1. The summed E-state index contributed by atoms with van der Waals surface area (Å²) in [5, 5.41) is 6.67. The molecule has 1 saturated heterocycles. The number of anilines is 1. The molecule has 146 valence electrons. The van der Waals surface area contributed by atoms with Crippen LogP contribution in [0.3, 0.4) is 0 Å². The number of fused-ring (bicyclic) bond motifs is 1. The molecule has 1 aliphatic rings. The maximum atomic E-state index is 13.6. The van der Waals surface area contributed by atoms with Gasteiger partial charge in [0.05, 0.1) is 6.20 Å². The highest BCUT2D eigenvalue weighted by molar-refractivity contribution is 5.58. The molecular formula is C20H24FN7. The highest BCUT2D eigenvalue weighted by atomic mass is 19.1. The van der Waals surface area contributed by atoms with E-state index in [1.807, 2.05) is 13.1 Å². The van der Waals surface area contributed by atoms with Crippen molar-refractivity contribution in [2.75, 3.05) is 32.0 Å². The standard InChI is InChI=1S/C20H24FN7/c1-14(10-22-2)27-9-3-4-16(13-27)25-18-7-8-23-20(26-18)17-11-24-19-6-5-15(21)12-28(17)19/h5-8,11-12,16,22H,1,3-4,9-10,13H2,2H3,(H,23,25,26)/t16-/m1/s1. The maximum Gasteiger partial charge on any atom is 0.180 e. The first-order valence-corrected chi connectivity index (χ1v) is 9.44. The molecule has 0 aliphatic carbocycles. The van der Waals surface area contributed by atoms with Crippen molar-refractivity contribution in [3.63, 3.8) is 0 Å². The Bertz CT molecular complexity index is 984. The van der Waals surface area contributed by atoms with Gasteiger partial charge in [0.1, 0.15) is 23.0 Å². The quantitative estimate of drug-likeness (QED) is 0.684. The van der Waals surface area contributed by atoms with E-state index in [-0.39, 0.29) is 11.9 Å². The molecule has 3 aromatic rings. The van der Waals surface area contributed by atoms with Crippen molar-refractivity contribution in [2.24, 2.45) is 0 Å². The highest BCUT2D eigenvalue weighted by Crippen LogP contribution is 2.21. The SMILES string of the molecule is C=C(CNC)N1CCC[C@@H](Nc2ccnc(-c3cnc4ccc(F)cn34)n2)C1. The lowest BCUT2D eigenvalue weighted by molar-refractivity contribution is 0.264. The van der Waals surface area contributed by atoms with E-state index in [1.54, 1.807) is 22.9 Å². The average molecular weight is 381 g/mol. The Kier molecular flexibility index (Phi) is 5.21. The minimum atomic E-state index is -0.329. The minimum absolute atomic E-state index is 0.282. The third-order valence-electron chi connectivity index (χ3n) is 4.96. The third kappa shape index (κ3) is 3.82. The van der Waals surface area contributed by atoms with Crippen LogP contribution in [0.1, 0.15) is 12.8 Å². The molecule has 4 rings (SSSR count). The Balaban J connectivity index is 1.52. The van der Waals surface area contributed by atoms with Gasteiger partial charge in [-0.2, -0.15) is 0 Å². The molecule has 4 heterocycles. The average Bonchev–Trinajstić information content (AvgIpc) is 3.11. The Morgan fingerprint density at radius 3 is 3.07 bits per heavy atom. The van der Waals surface area contributed by atoms with Crippen LogP contribution in [0.4, 0.5) is 10.2 Å². The summed E-state index contributed by atoms with van der Waals surface area (Å²) in [5.41, 5.74) is 2.42. The zero-order valence-electron chi connectivity index (χ0n) is 15.9. The van der Waals surface area contributed by atoms with Crippen LogP contribution in [-0.4, -0.2) is 57.0 Å². The molecule has 0 bridgehead atoms. The molecule has 0 spiro atoms. The number of hydrogen-bond donors (Lipinski definition) is 2. The second-order valence-corrected chi connectivity index (χ2v) is 7.01. The van der Waals surface area contributed by atoms with Gasteiger partial charge in [0.15, 0.2) is 5.82 Å².